The largest absolute Gasteiger partial charge is 0.493 e. The van der Waals surface area contributed by atoms with E-state index in [-0.39, 0.29) is 5.95 Å². The van der Waals surface area contributed by atoms with E-state index in [9.17, 15) is 5.26 Å². The van der Waals surface area contributed by atoms with Crippen molar-refractivity contribution in [1.82, 2.24) is 24.8 Å². The first kappa shape index (κ1) is 21.6. The van der Waals surface area contributed by atoms with Gasteiger partial charge in [0, 0.05) is 36.6 Å². The van der Waals surface area contributed by atoms with E-state index in [2.05, 4.69) is 26.3 Å². The summed E-state index contributed by atoms with van der Waals surface area (Å²) in [6.07, 6.45) is 6.89. The molecule has 0 aliphatic heterocycles. The Morgan fingerprint density at radius 3 is 2.33 bits per heavy atom. The zero-order valence-corrected chi connectivity index (χ0v) is 18.4. The van der Waals surface area contributed by atoms with Crippen molar-refractivity contribution in [2.24, 2.45) is 0 Å². The number of hydrogen-bond acceptors (Lipinski definition) is 7. The maximum atomic E-state index is 9.56. The summed E-state index contributed by atoms with van der Waals surface area (Å²) >= 11 is 0. The van der Waals surface area contributed by atoms with Gasteiger partial charge in [-0.1, -0.05) is 24.3 Å². The summed E-state index contributed by atoms with van der Waals surface area (Å²) in [6, 6.07) is 13.4. The second kappa shape index (κ2) is 9.70. The maximum Gasteiger partial charge on any atom is 0.250 e. The molecule has 0 N–H and O–H groups in total. The third kappa shape index (κ3) is 4.70. The molecule has 0 saturated carbocycles. The SMILES string of the molecule is COc1cc([N]c2ncc(C#N)c(-c3ccc(Cn4ccnc4)cc3)n2)cc(OC)c1OC. The average Bonchev–Trinajstić information content (AvgIpc) is 3.37. The van der Waals surface area contributed by atoms with Crippen molar-refractivity contribution in [2.75, 3.05) is 21.3 Å². The minimum absolute atomic E-state index is 0.209. The molecule has 0 aliphatic carbocycles. The molecule has 0 atom stereocenters. The molecule has 0 unspecified atom stereocenters. The van der Waals surface area contributed by atoms with Crippen LogP contribution in [0.15, 0.2) is 61.3 Å². The minimum atomic E-state index is 0.209. The normalized spacial score (nSPS) is 10.4. The van der Waals surface area contributed by atoms with Gasteiger partial charge in [0.1, 0.15) is 6.07 Å². The number of nitriles is 1. The number of aromatic nitrogens is 4. The highest BCUT2D eigenvalue weighted by atomic mass is 16.5. The van der Waals surface area contributed by atoms with Crippen LogP contribution in [0, 0.1) is 11.3 Å². The van der Waals surface area contributed by atoms with Crippen LogP contribution in [0.5, 0.6) is 17.2 Å². The number of ether oxygens (including phenoxy) is 3. The Balaban J connectivity index is 1.63. The van der Waals surface area contributed by atoms with Crippen molar-refractivity contribution in [3.63, 3.8) is 0 Å². The molecular formula is C24H21N6O3. The molecule has 0 fully saturated rings. The van der Waals surface area contributed by atoms with Gasteiger partial charge in [-0.15, -0.1) is 0 Å². The fraction of sp³-hybridized carbons (Fsp3) is 0.167. The van der Waals surface area contributed by atoms with Gasteiger partial charge >= 0.3 is 0 Å². The summed E-state index contributed by atoms with van der Waals surface area (Å²) in [7, 11) is 4.61. The zero-order chi connectivity index (χ0) is 23.2. The fourth-order valence-corrected chi connectivity index (χ4v) is 3.33. The van der Waals surface area contributed by atoms with Gasteiger partial charge in [-0.05, 0) is 5.56 Å². The lowest BCUT2D eigenvalue weighted by atomic mass is 10.1. The smallest absolute Gasteiger partial charge is 0.250 e. The van der Waals surface area contributed by atoms with Gasteiger partial charge < -0.3 is 18.8 Å². The Labute approximate surface area is 191 Å². The van der Waals surface area contributed by atoms with Gasteiger partial charge in [0.25, 0.3) is 5.95 Å². The first-order valence-electron chi connectivity index (χ1n) is 9.99. The van der Waals surface area contributed by atoms with Crippen molar-refractivity contribution in [1.29, 1.82) is 5.26 Å². The topological polar surface area (TPSA) is 109 Å². The van der Waals surface area contributed by atoms with Crippen LogP contribution in [-0.4, -0.2) is 40.8 Å². The van der Waals surface area contributed by atoms with E-state index in [0.717, 1.165) is 11.1 Å². The predicted octanol–water partition coefficient (Wildman–Crippen LogP) is 3.85. The molecule has 0 aliphatic rings. The molecule has 0 spiro atoms. The molecule has 9 heteroatoms. The van der Waals surface area contributed by atoms with E-state index < -0.39 is 0 Å². The lowest BCUT2D eigenvalue weighted by molar-refractivity contribution is 0.324. The highest BCUT2D eigenvalue weighted by molar-refractivity contribution is 5.68. The van der Waals surface area contributed by atoms with E-state index in [1.54, 1.807) is 24.7 Å². The predicted molar refractivity (Wildman–Crippen MR) is 121 cm³/mol. The summed E-state index contributed by atoms with van der Waals surface area (Å²) in [5, 5.41) is 14.1. The van der Waals surface area contributed by atoms with Crippen LogP contribution in [0.2, 0.25) is 0 Å². The first-order valence-corrected chi connectivity index (χ1v) is 9.99. The van der Waals surface area contributed by atoms with Crippen LogP contribution >= 0.6 is 0 Å². The molecule has 0 saturated heterocycles. The van der Waals surface area contributed by atoms with Crippen molar-refractivity contribution in [3.05, 3.63) is 72.4 Å². The Morgan fingerprint density at radius 2 is 1.76 bits per heavy atom. The van der Waals surface area contributed by atoms with Crippen LogP contribution in [0.3, 0.4) is 0 Å². The fourth-order valence-electron chi connectivity index (χ4n) is 3.33. The van der Waals surface area contributed by atoms with Gasteiger partial charge in [-0.25, -0.2) is 20.3 Å². The molecule has 2 heterocycles. The second-order valence-corrected chi connectivity index (χ2v) is 6.97. The number of benzene rings is 2. The van der Waals surface area contributed by atoms with Gasteiger partial charge in [-0.3, -0.25) is 0 Å². The Bertz CT molecular complexity index is 1260. The average molecular weight is 441 g/mol. The summed E-state index contributed by atoms with van der Waals surface area (Å²) in [5.41, 5.74) is 3.29. The van der Waals surface area contributed by atoms with Crippen LogP contribution in [0.1, 0.15) is 11.1 Å². The summed E-state index contributed by atoms with van der Waals surface area (Å²) in [6.45, 7) is 0.705. The Morgan fingerprint density at radius 1 is 1.03 bits per heavy atom. The van der Waals surface area contributed by atoms with Crippen molar-refractivity contribution in [2.45, 2.75) is 6.54 Å². The van der Waals surface area contributed by atoms with Gasteiger partial charge in [0.2, 0.25) is 5.75 Å². The molecule has 1 radical (unpaired) electrons. The quantitative estimate of drug-likeness (QED) is 0.408. The summed E-state index contributed by atoms with van der Waals surface area (Å²) < 4.78 is 18.1. The van der Waals surface area contributed by atoms with Crippen LogP contribution in [-0.2, 0) is 6.54 Å². The minimum Gasteiger partial charge on any atom is -0.493 e. The third-order valence-corrected chi connectivity index (χ3v) is 4.93. The monoisotopic (exact) mass is 441 g/mol. The van der Waals surface area contributed by atoms with E-state index in [1.807, 2.05) is 35.0 Å². The molecule has 165 valence electrons. The Kier molecular flexibility index (Phi) is 6.36. The van der Waals surface area contributed by atoms with Crippen molar-refractivity contribution in [3.8, 4) is 34.6 Å². The Hall–Kier alpha value is -4.58. The van der Waals surface area contributed by atoms with Crippen LogP contribution in [0.4, 0.5) is 11.6 Å². The first-order chi connectivity index (χ1) is 16.1. The summed E-state index contributed by atoms with van der Waals surface area (Å²) in [5.74, 6) is 1.62. The highest BCUT2D eigenvalue weighted by Gasteiger charge is 2.16. The van der Waals surface area contributed by atoms with Crippen LogP contribution in [0.25, 0.3) is 11.3 Å². The number of imidazole rings is 1. The lowest BCUT2D eigenvalue weighted by Crippen LogP contribution is -2.02. The van der Waals surface area contributed by atoms with E-state index in [4.69, 9.17) is 14.2 Å². The van der Waals surface area contributed by atoms with E-state index >= 15 is 0 Å². The molecule has 2 aromatic carbocycles. The van der Waals surface area contributed by atoms with Crippen molar-refractivity contribution >= 4 is 11.6 Å². The van der Waals surface area contributed by atoms with Crippen molar-refractivity contribution < 1.29 is 14.2 Å². The number of rotatable bonds is 8. The third-order valence-electron chi connectivity index (χ3n) is 4.93. The molecule has 9 nitrogen and oxygen atoms in total. The number of nitrogens with zero attached hydrogens (tertiary/aromatic N) is 6. The standard InChI is InChI=1S/C24H21N6O3/c1-31-20-10-19(11-21(32-2)23(20)33-3)28-24-27-13-18(12-25)22(29-24)17-6-4-16(5-7-17)14-30-9-8-26-15-30/h4-11,13,15H,14H2,1-3H3. The molecule has 4 aromatic rings. The molecule has 33 heavy (non-hydrogen) atoms. The van der Waals surface area contributed by atoms with Gasteiger partial charge in [-0.2, -0.15) is 5.26 Å². The molecule has 0 bridgehead atoms. The van der Waals surface area contributed by atoms with E-state index in [1.165, 1.54) is 27.5 Å². The molecule has 2 aromatic heterocycles. The molecular weight excluding hydrogens is 420 g/mol. The lowest BCUT2D eigenvalue weighted by Gasteiger charge is -2.14. The number of methoxy groups -OCH3 is 3. The maximum absolute atomic E-state index is 9.56. The second-order valence-electron chi connectivity index (χ2n) is 6.97. The molecule has 4 rings (SSSR count). The summed E-state index contributed by atoms with van der Waals surface area (Å²) in [4.78, 5) is 12.8. The van der Waals surface area contributed by atoms with Crippen LogP contribution < -0.4 is 19.5 Å². The van der Waals surface area contributed by atoms with Gasteiger partial charge in [0.15, 0.2) is 11.5 Å². The van der Waals surface area contributed by atoms with Gasteiger partial charge in [0.05, 0.1) is 50.8 Å². The zero-order valence-electron chi connectivity index (χ0n) is 18.4. The molecule has 0 amide bonds. The number of hydrogen-bond donors (Lipinski definition) is 0. The highest BCUT2D eigenvalue weighted by Crippen LogP contribution is 2.40. The van der Waals surface area contributed by atoms with E-state index in [0.29, 0.717) is 40.7 Å².